The van der Waals surface area contributed by atoms with Gasteiger partial charge in [-0.2, -0.15) is 0 Å². The summed E-state index contributed by atoms with van der Waals surface area (Å²) in [6.45, 7) is 1.88. The van der Waals surface area contributed by atoms with E-state index in [1.165, 1.54) is 54.3 Å². The van der Waals surface area contributed by atoms with Crippen LogP contribution in [0.15, 0.2) is 54.2 Å². The molecule has 2 amide bonds. The average molecular weight is 524 g/mol. The number of carbonyl (C=O) groups excluding carboxylic acids is 3. The van der Waals surface area contributed by atoms with Crippen molar-refractivity contribution in [3.05, 3.63) is 59.3 Å². The Morgan fingerprint density at radius 3 is 2.56 bits per heavy atom. The molecule has 11 heteroatoms. The number of benzene rings is 2. The van der Waals surface area contributed by atoms with E-state index in [9.17, 15) is 27.6 Å². The molecule has 1 heterocycles. The third-order valence-electron chi connectivity index (χ3n) is 5.48. The van der Waals surface area contributed by atoms with Crippen molar-refractivity contribution in [3.63, 3.8) is 0 Å². The smallest absolute Gasteiger partial charge is 0.405 e. The standard InChI is InChI=1S/C25H25ClF3N3O4/c1-15(30)12-17(33)14-23(34)32-11-5-4-7-21(32)24(35)31-16-9-10-18(20(26)13-16)19-6-2-3-8-22(19)36-25(27,28)29/h2-3,6,8-10,12-13,21H,4-5,7,11,14,30H2,1H3,(H,31,35). The van der Waals surface area contributed by atoms with E-state index in [-0.39, 0.29) is 21.8 Å². The summed E-state index contributed by atoms with van der Waals surface area (Å²) in [7, 11) is 0. The summed E-state index contributed by atoms with van der Waals surface area (Å²) in [5.41, 5.74) is 6.49. The van der Waals surface area contributed by atoms with Crippen LogP contribution in [0.2, 0.25) is 5.02 Å². The summed E-state index contributed by atoms with van der Waals surface area (Å²) in [6, 6.07) is 9.18. The molecule has 1 aliphatic rings. The number of likely N-dealkylation sites (tertiary alicyclic amines) is 1. The van der Waals surface area contributed by atoms with Crippen molar-refractivity contribution in [3.8, 4) is 16.9 Å². The van der Waals surface area contributed by atoms with Crippen molar-refractivity contribution in [2.75, 3.05) is 11.9 Å². The maximum atomic E-state index is 13.0. The van der Waals surface area contributed by atoms with E-state index in [0.29, 0.717) is 25.1 Å². The number of carbonyl (C=O) groups is 3. The number of ketones is 1. The Hall–Kier alpha value is -3.53. The summed E-state index contributed by atoms with van der Waals surface area (Å²) in [5, 5.41) is 2.80. The zero-order chi connectivity index (χ0) is 26.5. The van der Waals surface area contributed by atoms with Crippen molar-refractivity contribution in [2.24, 2.45) is 5.73 Å². The van der Waals surface area contributed by atoms with E-state index in [0.717, 1.165) is 6.42 Å². The minimum atomic E-state index is -4.87. The number of alkyl halides is 3. The first-order valence-electron chi connectivity index (χ1n) is 11.2. The monoisotopic (exact) mass is 523 g/mol. The Balaban J connectivity index is 1.76. The SMILES string of the molecule is CC(N)=CC(=O)CC(=O)N1CCCCC1C(=O)Nc1ccc(-c2ccccc2OC(F)(F)F)c(Cl)c1. The highest BCUT2D eigenvalue weighted by Gasteiger charge is 2.33. The Morgan fingerprint density at radius 2 is 1.89 bits per heavy atom. The summed E-state index contributed by atoms with van der Waals surface area (Å²) in [5.74, 6) is -1.77. The van der Waals surface area contributed by atoms with Gasteiger partial charge in [0.25, 0.3) is 0 Å². The molecule has 0 saturated carbocycles. The van der Waals surface area contributed by atoms with Gasteiger partial charge in [0, 0.05) is 35.1 Å². The third-order valence-corrected chi connectivity index (χ3v) is 5.79. The van der Waals surface area contributed by atoms with Crippen LogP contribution in [0, 0.1) is 0 Å². The number of nitrogens with zero attached hydrogens (tertiary/aromatic N) is 1. The number of nitrogens with two attached hydrogens (primary N) is 1. The Kier molecular flexibility index (Phi) is 8.62. The van der Waals surface area contributed by atoms with Gasteiger partial charge in [0.2, 0.25) is 11.8 Å². The van der Waals surface area contributed by atoms with Gasteiger partial charge in [0.05, 0.1) is 11.4 Å². The van der Waals surface area contributed by atoms with Crippen molar-refractivity contribution < 1.29 is 32.3 Å². The van der Waals surface area contributed by atoms with E-state index < -0.39 is 42.2 Å². The van der Waals surface area contributed by atoms with Gasteiger partial charge in [-0.05, 0) is 44.4 Å². The number of allylic oxidation sites excluding steroid dienone is 2. The van der Waals surface area contributed by atoms with Gasteiger partial charge in [0.1, 0.15) is 11.8 Å². The molecule has 1 saturated heterocycles. The molecule has 2 aromatic carbocycles. The lowest BCUT2D eigenvalue weighted by Gasteiger charge is -2.34. The van der Waals surface area contributed by atoms with Crippen LogP contribution in [-0.4, -0.2) is 41.4 Å². The predicted octanol–water partition coefficient (Wildman–Crippen LogP) is 5.05. The lowest BCUT2D eigenvalue weighted by molar-refractivity contribution is -0.274. The Labute approximate surface area is 211 Å². The second-order valence-electron chi connectivity index (χ2n) is 8.36. The summed E-state index contributed by atoms with van der Waals surface area (Å²) < 4.78 is 42.4. The van der Waals surface area contributed by atoms with Crippen LogP contribution >= 0.6 is 11.6 Å². The maximum absolute atomic E-state index is 13.0. The fourth-order valence-electron chi connectivity index (χ4n) is 4.00. The highest BCUT2D eigenvalue weighted by atomic mass is 35.5. The summed E-state index contributed by atoms with van der Waals surface area (Å²) >= 11 is 6.35. The van der Waals surface area contributed by atoms with E-state index in [2.05, 4.69) is 10.1 Å². The first-order valence-corrected chi connectivity index (χ1v) is 11.5. The molecule has 1 atom stereocenters. The minimum absolute atomic E-state index is 0.0946. The quantitative estimate of drug-likeness (QED) is 0.391. The molecular weight excluding hydrogens is 499 g/mol. The number of nitrogens with one attached hydrogen (secondary N) is 1. The number of para-hydroxylation sites is 1. The Bertz CT molecular complexity index is 1180. The molecule has 3 rings (SSSR count). The number of halogens is 4. The van der Waals surface area contributed by atoms with Crippen LogP contribution in [-0.2, 0) is 14.4 Å². The van der Waals surface area contributed by atoms with Gasteiger partial charge in [-0.1, -0.05) is 35.9 Å². The van der Waals surface area contributed by atoms with E-state index in [1.807, 2.05) is 0 Å². The lowest BCUT2D eigenvalue weighted by Crippen LogP contribution is -2.50. The molecule has 1 fully saturated rings. The molecule has 0 aliphatic carbocycles. The number of rotatable bonds is 7. The molecule has 0 spiro atoms. The first kappa shape index (κ1) is 27.1. The third kappa shape index (κ3) is 7.24. The van der Waals surface area contributed by atoms with Crippen LogP contribution in [0.1, 0.15) is 32.6 Å². The zero-order valence-corrected chi connectivity index (χ0v) is 20.2. The van der Waals surface area contributed by atoms with Gasteiger partial charge in [0.15, 0.2) is 5.78 Å². The van der Waals surface area contributed by atoms with E-state index in [1.54, 1.807) is 6.07 Å². The molecule has 0 radical (unpaired) electrons. The molecule has 192 valence electrons. The molecule has 0 aromatic heterocycles. The summed E-state index contributed by atoms with van der Waals surface area (Å²) in [6.07, 6.45) is -2.23. The topological polar surface area (TPSA) is 102 Å². The second kappa shape index (κ2) is 11.5. The average Bonchev–Trinajstić information content (AvgIpc) is 2.78. The molecule has 2 aromatic rings. The van der Waals surface area contributed by atoms with Crippen LogP contribution in [0.5, 0.6) is 5.75 Å². The lowest BCUT2D eigenvalue weighted by atomic mass is 10.00. The fraction of sp³-hybridized carbons (Fsp3) is 0.320. The minimum Gasteiger partial charge on any atom is -0.405 e. The normalized spacial score (nSPS) is 16.4. The summed E-state index contributed by atoms with van der Waals surface area (Å²) in [4.78, 5) is 39.1. The number of anilines is 1. The molecule has 0 bridgehead atoms. The number of amides is 2. The Morgan fingerprint density at radius 1 is 1.17 bits per heavy atom. The molecular formula is C25H25ClF3N3O4. The van der Waals surface area contributed by atoms with Crippen molar-refractivity contribution in [1.29, 1.82) is 0 Å². The second-order valence-corrected chi connectivity index (χ2v) is 8.77. The van der Waals surface area contributed by atoms with E-state index >= 15 is 0 Å². The molecule has 1 aliphatic heterocycles. The first-order chi connectivity index (χ1) is 16.9. The highest BCUT2D eigenvalue weighted by molar-refractivity contribution is 6.33. The maximum Gasteiger partial charge on any atom is 0.573 e. The number of piperidine rings is 1. The number of hydrogen-bond acceptors (Lipinski definition) is 5. The van der Waals surface area contributed by atoms with Crippen LogP contribution in [0.3, 0.4) is 0 Å². The van der Waals surface area contributed by atoms with Gasteiger partial charge < -0.3 is 20.7 Å². The predicted molar refractivity (Wildman–Crippen MR) is 129 cm³/mol. The number of ether oxygens (including phenoxy) is 1. The largest absolute Gasteiger partial charge is 0.573 e. The zero-order valence-electron chi connectivity index (χ0n) is 19.4. The molecule has 7 nitrogen and oxygen atoms in total. The fourth-order valence-corrected chi connectivity index (χ4v) is 4.28. The van der Waals surface area contributed by atoms with Crippen LogP contribution in [0.25, 0.3) is 11.1 Å². The van der Waals surface area contributed by atoms with Gasteiger partial charge >= 0.3 is 6.36 Å². The van der Waals surface area contributed by atoms with Crippen molar-refractivity contribution >= 4 is 34.9 Å². The van der Waals surface area contributed by atoms with Gasteiger partial charge in [-0.15, -0.1) is 13.2 Å². The molecule has 1 unspecified atom stereocenters. The van der Waals surface area contributed by atoms with Crippen LogP contribution < -0.4 is 15.8 Å². The molecule has 36 heavy (non-hydrogen) atoms. The van der Waals surface area contributed by atoms with Crippen LogP contribution in [0.4, 0.5) is 18.9 Å². The van der Waals surface area contributed by atoms with Crippen molar-refractivity contribution in [1.82, 2.24) is 4.90 Å². The number of hydrogen-bond donors (Lipinski definition) is 2. The van der Waals surface area contributed by atoms with E-state index in [4.69, 9.17) is 17.3 Å². The molecule has 3 N–H and O–H groups in total. The van der Waals surface area contributed by atoms with Crippen molar-refractivity contribution in [2.45, 2.75) is 45.0 Å². The highest BCUT2D eigenvalue weighted by Crippen LogP contribution is 2.38. The van der Waals surface area contributed by atoms with Gasteiger partial charge in [-0.3, -0.25) is 14.4 Å². The van der Waals surface area contributed by atoms with Gasteiger partial charge in [-0.25, -0.2) is 0 Å².